The summed E-state index contributed by atoms with van der Waals surface area (Å²) in [6, 6.07) is 12.5. The van der Waals surface area contributed by atoms with E-state index < -0.39 is 9.71 Å². The number of rotatable bonds is 0. The minimum Gasteiger partial charge on any atom is -0.289 e. The lowest BCUT2D eigenvalue weighted by Crippen LogP contribution is -2.20. The quantitative estimate of drug-likeness (QED) is 0.585. The van der Waals surface area contributed by atoms with Gasteiger partial charge in [-0.1, -0.05) is 36.4 Å². The summed E-state index contributed by atoms with van der Waals surface area (Å²) in [6.07, 6.45) is 0. The van der Waals surface area contributed by atoms with Gasteiger partial charge in [0.05, 0.1) is 20.3 Å². The predicted octanol–water partition coefficient (Wildman–Crippen LogP) is 2.07. The molecule has 2 aromatic carbocycles. The Bertz CT molecular complexity index is 892. The number of benzene rings is 2. The van der Waals surface area contributed by atoms with Crippen molar-refractivity contribution in [3.8, 4) is 0 Å². The van der Waals surface area contributed by atoms with Crippen molar-refractivity contribution in [2.75, 3.05) is 0 Å². The van der Waals surface area contributed by atoms with E-state index >= 15 is 0 Å². The van der Waals surface area contributed by atoms with E-state index in [-0.39, 0.29) is 5.78 Å². The Kier molecular flexibility index (Phi) is 1.81. The molecule has 1 heterocycles. The molecule has 0 fully saturated rings. The Balaban J connectivity index is 2.23. The van der Waals surface area contributed by atoms with Crippen LogP contribution in [0.25, 0.3) is 0 Å². The Morgan fingerprint density at radius 1 is 0.947 bits per heavy atom. The molecule has 0 radical (unpaired) electrons. The van der Waals surface area contributed by atoms with Crippen molar-refractivity contribution >= 4 is 27.1 Å². The van der Waals surface area contributed by atoms with Gasteiger partial charge in [-0.25, -0.2) is 4.21 Å². The molecule has 0 spiro atoms. The summed E-state index contributed by atoms with van der Waals surface area (Å²) in [5.41, 5.74) is 3.28. The first-order valence-electron chi connectivity index (χ1n) is 5.84. The summed E-state index contributed by atoms with van der Waals surface area (Å²) in [7, 11) is -2.68. The first kappa shape index (κ1) is 10.7. The first-order chi connectivity index (χ1) is 9.09. The second kappa shape index (κ2) is 3.22. The zero-order valence-electron chi connectivity index (χ0n) is 9.92. The van der Waals surface area contributed by atoms with Crippen LogP contribution in [0.1, 0.15) is 27.0 Å². The van der Waals surface area contributed by atoms with Crippen LogP contribution in [0, 0.1) is 0 Å². The number of hydrogen-bond acceptors (Lipinski definition) is 2. The molecular formula is C15H9NO2S. The molecule has 0 N–H and O–H groups in total. The lowest BCUT2D eigenvalue weighted by atomic mass is 9.84. The van der Waals surface area contributed by atoms with E-state index in [1.165, 1.54) is 0 Å². The van der Waals surface area contributed by atoms with Crippen molar-refractivity contribution in [3.63, 3.8) is 0 Å². The molecule has 0 bridgehead atoms. The summed E-state index contributed by atoms with van der Waals surface area (Å²) < 4.78 is 16.7. The minimum atomic E-state index is -2.68. The van der Waals surface area contributed by atoms with Crippen LogP contribution in [-0.2, 0) is 9.71 Å². The summed E-state index contributed by atoms with van der Waals surface area (Å²) >= 11 is 0. The minimum absolute atomic E-state index is 0.0384. The van der Waals surface area contributed by atoms with Crippen LogP contribution in [0.2, 0.25) is 0 Å². The molecule has 0 saturated heterocycles. The van der Waals surface area contributed by atoms with E-state index in [1.54, 1.807) is 24.3 Å². The van der Waals surface area contributed by atoms with Gasteiger partial charge in [-0.05, 0) is 11.9 Å². The second-order valence-electron chi connectivity index (χ2n) is 4.63. The molecule has 92 valence electrons. The maximum atomic E-state index is 12.5. The largest absolute Gasteiger partial charge is 0.289 e. The average molecular weight is 267 g/mol. The lowest BCUT2D eigenvalue weighted by molar-refractivity contribution is 0.103. The van der Waals surface area contributed by atoms with Crippen LogP contribution in [-0.4, -0.2) is 21.6 Å². The number of fused-ring (bicyclic) bond motifs is 2. The van der Waals surface area contributed by atoms with Crippen LogP contribution >= 0.6 is 0 Å². The monoisotopic (exact) mass is 267 g/mol. The van der Waals surface area contributed by atoms with Gasteiger partial charge in [-0.2, -0.15) is 4.40 Å². The highest BCUT2D eigenvalue weighted by molar-refractivity contribution is 7.99. The lowest BCUT2D eigenvalue weighted by Gasteiger charge is -2.17. The summed E-state index contributed by atoms with van der Waals surface area (Å²) in [5, 5.41) is 0. The van der Waals surface area contributed by atoms with Crippen LogP contribution in [0.5, 0.6) is 0 Å². The van der Waals surface area contributed by atoms with Gasteiger partial charge in [-0.3, -0.25) is 4.79 Å². The van der Waals surface area contributed by atoms with Gasteiger partial charge in [-0.15, -0.1) is 0 Å². The maximum absolute atomic E-state index is 12.5. The van der Waals surface area contributed by atoms with Gasteiger partial charge in [0.1, 0.15) is 0 Å². The Morgan fingerprint density at radius 3 is 2.42 bits per heavy atom. The number of carbonyl (C=O) groups is 1. The Hall–Kier alpha value is -2.20. The topological polar surface area (TPSA) is 46.5 Å². The molecule has 0 aromatic heterocycles. The van der Waals surface area contributed by atoms with Crippen molar-refractivity contribution in [1.29, 1.82) is 0 Å². The molecule has 1 aliphatic heterocycles. The molecule has 19 heavy (non-hydrogen) atoms. The molecule has 3 nitrogen and oxygen atoms in total. The summed E-state index contributed by atoms with van der Waals surface area (Å²) in [4.78, 5) is 13.0. The fraction of sp³-hybridized carbons (Fsp3) is 0. The zero-order valence-corrected chi connectivity index (χ0v) is 10.7. The molecule has 2 aliphatic rings. The smallest absolute Gasteiger partial charge is 0.194 e. The third-order valence-corrected chi connectivity index (χ3v) is 5.02. The first-order valence-corrected chi connectivity index (χ1v) is 7.53. The van der Waals surface area contributed by atoms with Crippen LogP contribution in [0.3, 0.4) is 0 Å². The molecular weight excluding hydrogens is 258 g/mol. The Morgan fingerprint density at radius 2 is 1.63 bits per heavy atom. The highest BCUT2D eigenvalue weighted by atomic mass is 32.2. The second-order valence-corrected chi connectivity index (χ2v) is 6.54. The fourth-order valence-corrected chi connectivity index (χ4v) is 4.09. The molecule has 1 atom stereocenters. The summed E-state index contributed by atoms with van der Waals surface area (Å²) in [6.45, 7) is 0. The number of carbonyl (C=O) groups excluding carboxylic acids is 1. The maximum Gasteiger partial charge on any atom is 0.194 e. The molecule has 0 saturated carbocycles. The number of ketones is 1. The van der Waals surface area contributed by atoms with E-state index in [0.717, 1.165) is 5.56 Å². The van der Waals surface area contributed by atoms with E-state index in [1.807, 2.05) is 18.2 Å². The molecule has 4 heteroatoms. The van der Waals surface area contributed by atoms with E-state index in [9.17, 15) is 9.00 Å². The van der Waals surface area contributed by atoms with Crippen molar-refractivity contribution in [2.45, 2.75) is 4.90 Å². The molecule has 4 rings (SSSR count). The van der Waals surface area contributed by atoms with Crippen molar-refractivity contribution in [3.05, 3.63) is 64.7 Å². The third kappa shape index (κ3) is 1.21. The Labute approximate surface area is 110 Å². The average Bonchev–Trinajstić information content (AvgIpc) is 2.69. The van der Waals surface area contributed by atoms with Crippen molar-refractivity contribution in [1.82, 2.24) is 0 Å². The standard InChI is InChI=1S/C15H9NO2S/c1-19(18)12-8-4-7-11-13(12)14(16-19)9-5-2-3-6-10(9)15(11)17/h2-8H,1H2. The fourth-order valence-electron chi connectivity index (χ4n) is 2.69. The van der Waals surface area contributed by atoms with Crippen LogP contribution < -0.4 is 0 Å². The van der Waals surface area contributed by atoms with Gasteiger partial charge in [0, 0.05) is 22.3 Å². The van der Waals surface area contributed by atoms with Crippen LogP contribution in [0.4, 0.5) is 0 Å². The van der Waals surface area contributed by atoms with Gasteiger partial charge in [0.25, 0.3) is 0 Å². The molecule has 1 unspecified atom stereocenters. The number of hydrogen-bond donors (Lipinski definition) is 0. The van der Waals surface area contributed by atoms with Gasteiger partial charge in [0.15, 0.2) is 5.78 Å². The normalized spacial score (nSPS) is 22.7. The molecule has 1 aliphatic carbocycles. The molecule has 0 amide bonds. The summed E-state index contributed by atoms with van der Waals surface area (Å²) in [5.74, 6) is 3.67. The highest BCUT2D eigenvalue weighted by Gasteiger charge is 2.35. The zero-order chi connectivity index (χ0) is 13.2. The SMILES string of the molecule is C=S1(=O)N=C2c3ccccc3C(=O)c3cccc1c32. The highest BCUT2D eigenvalue weighted by Crippen LogP contribution is 2.37. The van der Waals surface area contributed by atoms with E-state index in [2.05, 4.69) is 10.3 Å². The third-order valence-electron chi connectivity index (χ3n) is 3.52. The van der Waals surface area contributed by atoms with Crippen molar-refractivity contribution < 1.29 is 9.00 Å². The van der Waals surface area contributed by atoms with Crippen molar-refractivity contribution in [2.24, 2.45) is 4.40 Å². The van der Waals surface area contributed by atoms with E-state index in [0.29, 0.717) is 27.3 Å². The van der Waals surface area contributed by atoms with Gasteiger partial charge >= 0.3 is 0 Å². The van der Waals surface area contributed by atoms with E-state index in [4.69, 9.17) is 0 Å². The predicted molar refractivity (Wildman–Crippen MR) is 75.5 cm³/mol. The van der Waals surface area contributed by atoms with Crippen LogP contribution in [0.15, 0.2) is 51.8 Å². The number of nitrogens with zero attached hydrogens (tertiary/aromatic N) is 1. The van der Waals surface area contributed by atoms with Gasteiger partial charge in [0.2, 0.25) is 0 Å². The molecule has 2 aromatic rings. The van der Waals surface area contributed by atoms with Gasteiger partial charge < -0.3 is 0 Å².